The molecule has 0 aromatic carbocycles. The van der Waals surface area contributed by atoms with Gasteiger partial charge >= 0.3 is 0 Å². The molecule has 0 fully saturated rings. The predicted molar refractivity (Wildman–Crippen MR) is 127 cm³/mol. The van der Waals surface area contributed by atoms with Gasteiger partial charge in [-0.1, -0.05) is 6.07 Å². The summed E-state index contributed by atoms with van der Waals surface area (Å²) in [6.45, 7) is 9.83. The summed E-state index contributed by atoms with van der Waals surface area (Å²) in [4.78, 5) is 16.4. The molecule has 2 rings (SSSR count). The van der Waals surface area contributed by atoms with Gasteiger partial charge in [-0.2, -0.15) is 0 Å². The number of nitrogens with zero attached hydrogens (tertiary/aromatic N) is 2. The topological polar surface area (TPSA) is 91.8 Å². The Balaban J connectivity index is 0.00000420. The van der Waals surface area contributed by atoms with Gasteiger partial charge in [0.15, 0.2) is 5.96 Å². The Kier molecular flexibility index (Phi) is 10.5. The molecule has 2 aromatic rings. The first kappa shape index (κ1) is 25.2. The number of nitrogens with one attached hydrogen (secondary N) is 2. The fraction of sp³-hybridized carbons (Fsp3) is 0.524. The number of pyridine rings is 1. The van der Waals surface area contributed by atoms with Crippen LogP contribution in [0.3, 0.4) is 0 Å². The van der Waals surface area contributed by atoms with E-state index in [1.54, 1.807) is 29.7 Å². The lowest BCUT2D eigenvalue weighted by Gasteiger charge is -2.19. The molecule has 0 saturated carbocycles. The summed E-state index contributed by atoms with van der Waals surface area (Å²) >= 11 is 0. The fourth-order valence-corrected chi connectivity index (χ4v) is 2.89. The van der Waals surface area contributed by atoms with Gasteiger partial charge in [-0.3, -0.25) is 4.79 Å². The van der Waals surface area contributed by atoms with Crippen LogP contribution in [0.15, 0.2) is 44.5 Å². The van der Waals surface area contributed by atoms with Crippen molar-refractivity contribution in [3.05, 3.63) is 57.9 Å². The largest absolute Gasteiger partial charge is 0.463 e. The summed E-state index contributed by atoms with van der Waals surface area (Å²) in [5, 5.41) is 17.1. The van der Waals surface area contributed by atoms with Crippen LogP contribution < -0.4 is 16.2 Å². The molecule has 1 atom stereocenters. The van der Waals surface area contributed by atoms with Gasteiger partial charge in [0.05, 0.1) is 6.54 Å². The van der Waals surface area contributed by atoms with Gasteiger partial charge in [0, 0.05) is 31.4 Å². The van der Waals surface area contributed by atoms with Crippen LogP contribution in [0, 0.1) is 13.8 Å². The minimum absolute atomic E-state index is 0. The van der Waals surface area contributed by atoms with Crippen molar-refractivity contribution in [2.45, 2.75) is 52.7 Å². The molecule has 0 saturated heterocycles. The van der Waals surface area contributed by atoms with Gasteiger partial charge in [0.2, 0.25) is 0 Å². The highest BCUT2D eigenvalue weighted by Gasteiger charge is 2.26. The van der Waals surface area contributed by atoms with E-state index in [4.69, 9.17) is 4.42 Å². The van der Waals surface area contributed by atoms with Crippen LogP contribution in [0.1, 0.15) is 43.9 Å². The molecular formula is C21H33IN4O3. The Labute approximate surface area is 189 Å². The normalized spacial score (nSPS) is 13.5. The van der Waals surface area contributed by atoms with E-state index in [0.717, 1.165) is 37.4 Å². The standard InChI is InChI=1S/C21H32N4O3.HI/c1-5-22-20(24-15-21(4,27)18-12-11-17(3)28-18)23-13-6-7-14-25-16(2)9-8-10-19(25)26;/h8-12,27H,5-7,13-15H2,1-4H3,(H2,22,23,24);1H. The van der Waals surface area contributed by atoms with Crippen LogP contribution in [0.25, 0.3) is 0 Å². The maximum Gasteiger partial charge on any atom is 0.250 e. The van der Waals surface area contributed by atoms with E-state index in [-0.39, 0.29) is 36.1 Å². The fourth-order valence-electron chi connectivity index (χ4n) is 2.89. The molecular weight excluding hydrogens is 483 g/mol. The third-order valence-electron chi connectivity index (χ3n) is 4.53. The first-order chi connectivity index (χ1) is 13.3. The molecule has 0 aliphatic rings. The SMILES string of the molecule is CCNC(=NCC(C)(O)c1ccc(C)o1)NCCCCn1c(C)cccc1=O.I. The van der Waals surface area contributed by atoms with Crippen LogP contribution in [-0.4, -0.2) is 35.3 Å². The van der Waals surface area contributed by atoms with Gasteiger partial charge in [0.1, 0.15) is 17.1 Å². The van der Waals surface area contributed by atoms with E-state index >= 15 is 0 Å². The molecule has 8 heteroatoms. The monoisotopic (exact) mass is 516 g/mol. The van der Waals surface area contributed by atoms with E-state index in [2.05, 4.69) is 15.6 Å². The molecule has 0 spiro atoms. The van der Waals surface area contributed by atoms with Gasteiger partial charge in [-0.15, -0.1) is 24.0 Å². The van der Waals surface area contributed by atoms with Crippen molar-refractivity contribution in [3.63, 3.8) is 0 Å². The van der Waals surface area contributed by atoms with Gasteiger partial charge in [0.25, 0.3) is 5.56 Å². The molecule has 1 unspecified atom stereocenters. The highest BCUT2D eigenvalue weighted by Crippen LogP contribution is 2.22. The average Bonchev–Trinajstić information content (AvgIpc) is 3.09. The number of unbranched alkanes of at least 4 members (excludes halogenated alkanes) is 1. The van der Waals surface area contributed by atoms with Crippen molar-refractivity contribution in [3.8, 4) is 0 Å². The number of aliphatic hydroxyl groups is 1. The molecule has 162 valence electrons. The second-order valence-corrected chi connectivity index (χ2v) is 7.17. The molecule has 2 aromatic heterocycles. The van der Waals surface area contributed by atoms with Crippen LogP contribution in [0.4, 0.5) is 0 Å². The second kappa shape index (κ2) is 12.0. The Morgan fingerprint density at radius 1 is 1.21 bits per heavy atom. The Morgan fingerprint density at radius 2 is 1.97 bits per heavy atom. The molecule has 0 aliphatic heterocycles. The van der Waals surface area contributed by atoms with E-state index in [1.165, 1.54) is 0 Å². The number of hydrogen-bond donors (Lipinski definition) is 3. The van der Waals surface area contributed by atoms with E-state index in [9.17, 15) is 9.90 Å². The number of aryl methyl sites for hydroxylation is 2. The summed E-state index contributed by atoms with van der Waals surface area (Å²) in [6, 6.07) is 8.93. The molecule has 7 nitrogen and oxygen atoms in total. The number of rotatable bonds is 9. The van der Waals surface area contributed by atoms with Crippen molar-refractivity contribution in [2.75, 3.05) is 19.6 Å². The summed E-state index contributed by atoms with van der Waals surface area (Å²) in [6.07, 6.45) is 1.79. The molecule has 0 bridgehead atoms. The molecule has 29 heavy (non-hydrogen) atoms. The third kappa shape index (κ3) is 7.85. The number of furan rings is 1. The zero-order valence-corrected chi connectivity index (χ0v) is 20.0. The van der Waals surface area contributed by atoms with Gasteiger partial charge < -0.3 is 24.7 Å². The lowest BCUT2D eigenvalue weighted by molar-refractivity contribution is 0.0428. The van der Waals surface area contributed by atoms with E-state index in [0.29, 0.717) is 18.3 Å². The highest BCUT2D eigenvalue weighted by molar-refractivity contribution is 14.0. The number of hydrogen-bond acceptors (Lipinski definition) is 4. The van der Waals surface area contributed by atoms with Crippen molar-refractivity contribution in [1.29, 1.82) is 0 Å². The lowest BCUT2D eigenvalue weighted by atomic mass is 10.0. The Bertz CT molecular complexity index is 842. The zero-order valence-electron chi connectivity index (χ0n) is 17.7. The third-order valence-corrected chi connectivity index (χ3v) is 4.53. The Morgan fingerprint density at radius 3 is 2.59 bits per heavy atom. The number of guanidine groups is 1. The average molecular weight is 516 g/mol. The predicted octanol–water partition coefficient (Wildman–Crippen LogP) is 2.92. The van der Waals surface area contributed by atoms with Crippen LogP contribution >= 0.6 is 24.0 Å². The summed E-state index contributed by atoms with van der Waals surface area (Å²) in [5.41, 5.74) is -0.146. The first-order valence-corrected chi connectivity index (χ1v) is 9.81. The molecule has 2 heterocycles. The summed E-state index contributed by atoms with van der Waals surface area (Å²) < 4.78 is 7.32. The van der Waals surface area contributed by atoms with Gasteiger partial charge in [-0.05, 0) is 58.7 Å². The quantitative estimate of drug-likeness (QED) is 0.206. The minimum Gasteiger partial charge on any atom is -0.463 e. The number of halogens is 1. The summed E-state index contributed by atoms with van der Waals surface area (Å²) in [7, 11) is 0. The lowest BCUT2D eigenvalue weighted by Crippen LogP contribution is -2.39. The van der Waals surface area contributed by atoms with E-state index in [1.807, 2.05) is 32.9 Å². The van der Waals surface area contributed by atoms with Crippen LogP contribution in [0.2, 0.25) is 0 Å². The highest BCUT2D eigenvalue weighted by atomic mass is 127. The maximum atomic E-state index is 11.9. The maximum absolute atomic E-state index is 11.9. The van der Waals surface area contributed by atoms with Crippen LogP contribution in [-0.2, 0) is 12.1 Å². The van der Waals surface area contributed by atoms with Crippen molar-refractivity contribution in [1.82, 2.24) is 15.2 Å². The summed E-state index contributed by atoms with van der Waals surface area (Å²) in [5.74, 6) is 1.92. The Hall–Kier alpha value is -1.81. The van der Waals surface area contributed by atoms with Crippen molar-refractivity contribution < 1.29 is 9.52 Å². The molecule has 0 radical (unpaired) electrons. The molecule has 3 N–H and O–H groups in total. The number of aliphatic imine (C=N–C) groups is 1. The minimum atomic E-state index is -1.16. The van der Waals surface area contributed by atoms with Crippen molar-refractivity contribution >= 4 is 29.9 Å². The van der Waals surface area contributed by atoms with Crippen LogP contribution in [0.5, 0.6) is 0 Å². The molecule has 0 amide bonds. The first-order valence-electron chi connectivity index (χ1n) is 9.81. The second-order valence-electron chi connectivity index (χ2n) is 7.17. The molecule has 0 aliphatic carbocycles. The number of aromatic nitrogens is 1. The van der Waals surface area contributed by atoms with Gasteiger partial charge in [-0.25, -0.2) is 4.99 Å². The van der Waals surface area contributed by atoms with E-state index < -0.39 is 5.60 Å². The zero-order chi connectivity index (χ0) is 20.6. The smallest absolute Gasteiger partial charge is 0.250 e. The van der Waals surface area contributed by atoms with Crippen molar-refractivity contribution in [2.24, 2.45) is 4.99 Å².